The molecule has 0 aliphatic rings. The number of fused-ring (bicyclic) bond motifs is 1. The van der Waals surface area contributed by atoms with Gasteiger partial charge in [-0.15, -0.1) is 0 Å². The molecule has 0 atom stereocenters. The molecule has 0 fully saturated rings. The summed E-state index contributed by atoms with van der Waals surface area (Å²) in [5, 5.41) is 7.91. The van der Waals surface area contributed by atoms with Crippen molar-refractivity contribution < 1.29 is 22.7 Å². The third-order valence-electron chi connectivity index (χ3n) is 4.86. The largest absolute Gasteiger partial charge is 0.477 e. The topological polar surface area (TPSA) is 125 Å². The molecule has 0 spiro atoms. The van der Waals surface area contributed by atoms with Crippen molar-refractivity contribution >= 4 is 32.5 Å². The van der Waals surface area contributed by atoms with Crippen LogP contribution in [0.2, 0.25) is 0 Å². The third kappa shape index (κ3) is 5.15. The lowest BCUT2D eigenvalue weighted by atomic mass is 10.1. The number of hydrogen-bond donors (Lipinski definition) is 1. The lowest BCUT2D eigenvalue weighted by molar-refractivity contribution is 0.102. The van der Waals surface area contributed by atoms with E-state index in [4.69, 9.17) is 9.47 Å². The lowest BCUT2D eigenvalue weighted by Gasteiger charge is -2.10. The summed E-state index contributed by atoms with van der Waals surface area (Å²) in [5.74, 6) is 1.06. The SMILES string of the molecule is CCOc1cnc(NC(=O)c2cc(Oc3ccc(S(C)(=O)=O)cc3)c3cn(CC)nc3c2)cn1. The number of amides is 1. The van der Waals surface area contributed by atoms with Gasteiger partial charge in [-0.05, 0) is 50.2 Å². The summed E-state index contributed by atoms with van der Waals surface area (Å²) < 4.78 is 36.5. The molecule has 11 heteroatoms. The Balaban J connectivity index is 1.65. The first kappa shape index (κ1) is 23.2. The van der Waals surface area contributed by atoms with E-state index in [-0.39, 0.29) is 10.7 Å². The smallest absolute Gasteiger partial charge is 0.257 e. The molecule has 34 heavy (non-hydrogen) atoms. The van der Waals surface area contributed by atoms with Gasteiger partial charge in [0.05, 0.1) is 34.8 Å². The molecule has 2 aromatic heterocycles. The molecule has 4 rings (SSSR count). The summed E-state index contributed by atoms with van der Waals surface area (Å²) in [6, 6.07) is 9.34. The minimum atomic E-state index is -3.32. The molecule has 0 aliphatic heterocycles. The van der Waals surface area contributed by atoms with Gasteiger partial charge in [0.2, 0.25) is 5.88 Å². The predicted molar refractivity (Wildman–Crippen MR) is 126 cm³/mol. The summed E-state index contributed by atoms with van der Waals surface area (Å²) in [6.07, 6.45) is 5.81. The molecule has 176 valence electrons. The minimum Gasteiger partial charge on any atom is -0.477 e. The molecule has 10 nitrogen and oxygen atoms in total. The van der Waals surface area contributed by atoms with Crippen molar-refractivity contribution in [2.24, 2.45) is 0 Å². The highest BCUT2D eigenvalue weighted by molar-refractivity contribution is 7.90. The number of aromatic nitrogens is 4. The minimum absolute atomic E-state index is 0.188. The molecule has 1 N–H and O–H groups in total. The van der Waals surface area contributed by atoms with Gasteiger partial charge in [-0.1, -0.05) is 0 Å². The molecule has 1 amide bonds. The van der Waals surface area contributed by atoms with E-state index in [9.17, 15) is 13.2 Å². The van der Waals surface area contributed by atoms with Crippen LogP contribution in [0, 0.1) is 0 Å². The molecule has 2 heterocycles. The predicted octanol–water partition coefficient (Wildman–Crippen LogP) is 3.69. The number of rotatable bonds is 8. The van der Waals surface area contributed by atoms with E-state index in [0.717, 1.165) is 6.26 Å². The Bertz CT molecular complexity index is 1430. The number of carbonyl (C=O) groups excluding carboxylic acids is 1. The van der Waals surface area contributed by atoms with E-state index in [2.05, 4.69) is 20.4 Å². The van der Waals surface area contributed by atoms with Gasteiger partial charge in [0.25, 0.3) is 5.91 Å². The van der Waals surface area contributed by atoms with Crippen LogP contribution in [0.1, 0.15) is 24.2 Å². The van der Waals surface area contributed by atoms with Crippen LogP contribution in [-0.2, 0) is 16.4 Å². The molecule has 0 aliphatic carbocycles. The van der Waals surface area contributed by atoms with Gasteiger partial charge in [-0.2, -0.15) is 5.10 Å². The van der Waals surface area contributed by atoms with Crippen LogP contribution in [-0.4, -0.2) is 46.9 Å². The van der Waals surface area contributed by atoms with Gasteiger partial charge >= 0.3 is 0 Å². The Morgan fingerprint density at radius 3 is 2.47 bits per heavy atom. The lowest BCUT2D eigenvalue weighted by Crippen LogP contribution is -2.13. The Labute approximate surface area is 196 Å². The first-order chi connectivity index (χ1) is 16.3. The number of benzene rings is 2. The van der Waals surface area contributed by atoms with Crippen molar-refractivity contribution in [3.63, 3.8) is 0 Å². The van der Waals surface area contributed by atoms with E-state index in [1.54, 1.807) is 28.9 Å². The van der Waals surface area contributed by atoms with Gasteiger partial charge in [0, 0.05) is 24.6 Å². The summed E-state index contributed by atoms with van der Waals surface area (Å²) >= 11 is 0. The van der Waals surface area contributed by atoms with Crippen LogP contribution < -0.4 is 14.8 Å². The van der Waals surface area contributed by atoms with E-state index < -0.39 is 15.7 Å². The molecule has 0 saturated carbocycles. The molecule has 0 saturated heterocycles. The number of sulfone groups is 1. The van der Waals surface area contributed by atoms with Crippen molar-refractivity contribution in [1.82, 2.24) is 19.7 Å². The highest BCUT2D eigenvalue weighted by Crippen LogP contribution is 2.32. The zero-order chi connectivity index (χ0) is 24.3. The maximum Gasteiger partial charge on any atom is 0.257 e. The Morgan fingerprint density at radius 1 is 1.09 bits per heavy atom. The summed E-state index contributed by atoms with van der Waals surface area (Å²) in [7, 11) is -3.32. The standard InChI is InChI=1S/C23H23N5O5S/c1-4-28-14-18-19(27-28)10-15(23(29)26-21-12-25-22(13-24-21)32-5-2)11-20(18)33-16-6-8-17(9-7-16)34(3,30)31/h6-14H,4-5H2,1-3H3,(H,24,26,29). The number of ether oxygens (including phenoxy) is 2. The van der Waals surface area contributed by atoms with Crippen LogP contribution in [0.3, 0.4) is 0 Å². The van der Waals surface area contributed by atoms with Crippen LogP contribution in [0.5, 0.6) is 17.4 Å². The van der Waals surface area contributed by atoms with Gasteiger partial charge in [-0.3, -0.25) is 9.48 Å². The van der Waals surface area contributed by atoms with Crippen LogP contribution in [0.4, 0.5) is 5.82 Å². The Hall–Kier alpha value is -3.99. The van der Waals surface area contributed by atoms with E-state index >= 15 is 0 Å². The van der Waals surface area contributed by atoms with E-state index in [1.165, 1.54) is 24.5 Å². The highest BCUT2D eigenvalue weighted by Gasteiger charge is 2.16. The summed E-state index contributed by atoms with van der Waals surface area (Å²) in [4.78, 5) is 21.4. The highest BCUT2D eigenvalue weighted by atomic mass is 32.2. The fourth-order valence-corrected chi connectivity index (χ4v) is 3.82. The Kier molecular flexibility index (Phi) is 6.46. The molecule has 0 bridgehead atoms. The fraction of sp³-hybridized carbons (Fsp3) is 0.217. The van der Waals surface area contributed by atoms with Gasteiger partial charge in [0.15, 0.2) is 15.7 Å². The average molecular weight is 482 g/mol. The first-order valence-corrected chi connectivity index (χ1v) is 12.4. The average Bonchev–Trinajstić information content (AvgIpc) is 3.24. The molecular weight excluding hydrogens is 458 g/mol. The second-order valence-electron chi connectivity index (χ2n) is 7.36. The van der Waals surface area contributed by atoms with E-state index in [1.807, 2.05) is 20.0 Å². The van der Waals surface area contributed by atoms with Gasteiger partial charge in [-0.25, -0.2) is 18.4 Å². The fourth-order valence-electron chi connectivity index (χ4n) is 3.19. The monoisotopic (exact) mass is 481 g/mol. The number of hydrogen-bond acceptors (Lipinski definition) is 8. The molecule has 0 unspecified atom stereocenters. The maximum absolute atomic E-state index is 12.9. The normalized spacial score (nSPS) is 11.4. The van der Waals surface area contributed by atoms with Crippen molar-refractivity contribution in [2.75, 3.05) is 18.2 Å². The number of anilines is 1. The van der Waals surface area contributed by atoms with Crippen molar-refractivity contribution in [2.45, 2.75) is 25.3 Å². The second-order valence-corrected chi connectivity index (χ2v) is 9.38. The molecule has 2 aromatic carbocycles. The number of nitrogens with zero attached hydrogens (tertiary/aromatic N) is 4. The van der Waals surface area contributed by atoms with Crippen LogP contribution in [0.25, 0.3) is 10.9 Å². The number of nitrogens with one attached hydrogen (secondary N) is 1. The van der Waals surface area contributed by atoms with Crippen molar-refractivity contribution in [1.29, 1.82) is 0 Å². The first-order valence-electron chi connectivity index (χ1n) is 10.5. The molecule has 0 radical (unpaired) electrons. The number of aryl methyl sites for hydroxylation is 1. The maximum atomic E-state index is 12.9. The zero-order valence-electron chi connectivity index (χ0n) is 18.8. The zero-order valence-corrected chi connectivity index (χ0v) is 19.7. The quantitative estimate of drug-likeness (QED) is 0.404. The summed E-state index contributed by atoms with van der Waals surface area (Å²) in [5.41, 5.74) is 0.891. The molecular formula is C23H23N5O5S. The third-order valence-corrected chi connectivity index (χ3v) is 5.99. The van der Waals surface area contributed by atoms with Crippen LogP contribution in [0.15, 0.2) is 59.9 Å². The van der Waals surface area contributed by atoms with Gasteiger partial charge in [0.1, 0.15) is 11.5 Å². The van der Waals surface area contributed by atoms with Gasteiger partial charge < -0.3 is 14.8 Å². The summed E-state index contributed by atoms with van der Waals surface area (Å²) in [6.45, 7) is 4.90. The molecule has 4 aromatic rings. The number of carbonyl (C=O) groups is 1. The van der Waals surface area contributed by atoms with E-state index in [0.29, 0.717) is 47.0 Å². The van der Waals surface area contributed by atoms with Crippen LogP contribution >= 0.6 is 0 Å². The second kappa shape index (κ2) is 9.48. The van der Waals surface area contributed by atoms with Crippen molar-refractivity contribution in [3.8, 4) is 17.4 Å². The Morgan fingerprint density at radius 2 is 1.85 bits per heavy atom. The van der Waals surface area contributed by atoms with Crippen molar-refractivity contribution in [3.05, 3.63) is 60.6 Å².